The van der Waals surface area contributed by atoms with Gasteiger partial charge in [0.25, 0.3) is 0 Å². The highest BCUT2D eigenvalue weighted by atomic mass is 14.6. The van der Waals surface area contributed by atoms with Crippen LogP contribution in [-0.4, -0.2) is 7.41 Å². The summed E-state index contributed by atoms with van der Waals surface area (Å²) in [6.07, 6.45) is 8.42. The van der Waals surface area contributed by atoms with E-state index in [1.165, 1.54) is 21.6 Å². The number of hydrogen-bond acceptors (Lipinski definition) is 0. The van der Waals surface area contributed by atoms with Gasteiger partial charge in [-0.3, -0.25) is 0 Å². The largest absolute Gasteiger partial charge is 0.573 e. The molecule has 14 heavy (non-hydrogen) atoms. The molecule has 0 saturated carbocycles. The fourth-order valence-corrected chi connectivity index (χ4v) is 1.87. The Morgan fingerprint density at radius 3 is 3.07 bits per heavy atom. The molecule has 1 aliphatic heterocycles. The van der Waals surface area contributed by atoms with Crippen molar-refractivity contribution >= 4 is 13.0 Å². The Morgan fingerprint density at radius 2 is 2.07 bits per heavy atom. The molecule has 2 heteroatoms. The zero-order valence-electron chi connectivity index (χ0n) is 7.70. The standard InChI is InChI=1S/C12H9BN/c1-3-7-11-9(5-1)10-6-2-4-8-12(10)14-13-11/h1-8,14H/q+1. The van der Waals surface area contributed by atoms with Gasteiger partial charge in [-0.15, -0.1) is 0 Å². The van der Waals surface area contributed by atoms with Crippen molar-refractivity contribution in [3.8, 4) is 0 Å². The van der Waals surface area contributed by atoms with Crippen LogP contribution < -0.4 is 15.5 Å². The summed E-state index contributed by atoms with van der Waals surface area (Å²) in [7, 11) is 2.05. The number of benzene rings is 1. The van der Waals surface area contributed by atoms with Crippen molar-refractivity contribution in [1.82, 2.24) is 0 Å². The highest BCUT2D eigenvalue weighted by molar-refractivity contribution is 6.41. The zero-order valence-corrected chi connectivity index (χ0v) is 7.70. The van der Waals surface area contributed by atoms with E-state index in [0.29, 0.717) is 0 Å². The van der Waals surface area contributed by atoms with Crippen molar-refractivity contribution in [2.75, 3.05) is 0 Å². The van der Waals surface area contributed by atoms with Crippen LogP contribution in [0, 0.1) is 6.42 Å². The smallest absolute Gasteiger partial charge is 0.323 e. The van der Waals surface area contributed by atoms with Gasteiger partial charge in [0.1, 0.15) is 0 Å². The minimum absolute atomic E-state index is 1.19. The lowest BCUT2D eigenvalue weighted by Crippen LogP contribution is -2.84. The van der Waals surface area contributed by atoms with E-state index in [-0.39, 0.29) is 0 Å². The molecule has 1 N–H and O–H groups in total. The summed E-state index contributed by atoms with van der Waals surface area (Å²) in [6.45, 7) is 0. The Kier molecular flexibility index (Phi) is 1.66. The molecular formula is C12H9BN+. The predicted octanol–water partition coefficient (Wildman–Crippen LogP) is -1.17. The lowest BCUT2D eigenvalue weighted by Gasteiger charge is -2.08. The highest BCUT2D eigenvalue weighted by Crippen LogP contribution is 2.14. The molecule has 1 aromatic carbocycles. The van der Waals surface area contributed by atoms with E-state index in [0.717, 1.165) is 0 Å². The third kappa shape index (κ3) is 1.07. The molecule has 1 aromatic rings. The zero-order chi connectivity index (χ0) is 9.38. The van der Waals surface area contributed by atoms with Crippen molar-refractivity contribution < 1.29 is 4.90 Å². The molecule has 2 aliphatic rings. The first-order valence-corrected chi connectivity index (χ1v) is 4.73. The van der Waals surface area contributed by atoms with Crippen LogP contribution in [-0.2, 0) is 0 Å². The van der Waals surface area contributed by atoms with Crippen LogP contribution in [0.2, 0.25) is 0 Å². The minimum atomic E-state index is 1.19. The van der Waals surface area contributed by atoms with Gasteiger partial charge in [0.15, 0.2) is 5.36 Å². The van der Waals surface area contributed by atoms with Gasteiger partial charge in [0, 0.05) is 23.2 Å². The summed E-state index contributed by atoms with van der Waals surface area (Å²) >= 11 is 0. The lowest BCUT2D eigenvalue weighted by molar-refractivity contribution is -0.336. The molecule has 1 heterocycles. The topological polar surface area (TPSA) is 14.0 Å². The second kappa shape index (κ2) is 2.98. The van der Waals surface area contributed by atoms with E-state index in [1.807, 2.05) is 6.07 Å². The fourth-order valence-electron chi connectivity index (χ4n) is 1.87. The summed E-state index contributed by atoms with van der Waals surface area (Å²) in [5.74, 6) is 0. The molecule has 0 saturated heterocycles. The van der Waals surface area contributed by atoms with Gasteiger partial charge in [-0.1, -0.05) is 30.4 Å². The summed E-state index contributed by atoms with van der Waals surface area (Å²) < 4.78 is 0. The number of hydrogen-bond donors (Lipinski definition) is 1. The first-order valence-electron chi connectivity index (χ1n) is 4.73. The van der Waals surface area contributed by atoms with E-state index in [1.54, 1.807) is 0 Å². The van der Waals surface area contributed by atoms with Gasteiger partial charge < -0.3 is 4.90 Å². The van der Waals surface area contributed by atoms with E-state index in [9.17, 15) is 0 Å². The first-order chi connectivity index (χ1) is 6.95. The van der Waals surface area contributed by atoms with Gasteiger partial charge in [-0.05, 0) is 11.6 Å². The monoisotopic (exact) mass is 178 g/mol. The molecule has 1 aliphatic carbocycles. The maximum Gasteiger partial charge on any atom is 0.573 e. The third-order valence-corrected chi connectivity index (χ3v) is 2.56. The first kappa shape index (κ1) is 7.80. The number of fused-ring (bicyclic) bond motifs is 2. The van der Waals surface area contributed by atoms with Gasteiger partial charge >= 0.3 is 7.41 Å². The average Bonchev–Trinajstić information content (AvgIpc) is 2.29. The Balaban J connectivity index is 2.45. The van der Waals surface area contributed by atoms with Crippen LogP contribution in [0.15, 0.2) is 48.0 Å². The Bertz CT molecular complexity index is 552. The van der Waals surface area contributed by atoms with Crippen LogP contribution in [0.1, 0.15) is 0 Å². The molecule has 1 nitrogen and oxygen atoms in total. The Hall–Kier alpha value is -1.57. The van der Waals surface area contributed by atoms with Crippen LogP contribution in [0.25, 0.3) is 5.57 Å². The van der Waals surface area contributed by atoms with Crippen LogP contribution >= 0.6 is 0 Å². The summed E-state index contributed by atoms with van der Waals surface area (Å²) in [6, 6.07) is 8.37. The maximum absolute atomic E-state index is 3.29. The van der Waals surface area contributed by atoms with Crippen LogP contribution in [0.5, 0.6) is 0 Å². The molecule has 0 fully saturated rings. The molecule has 0 spiro atoms. The van der Waals surface area contributed by atoms with E-state index >= 15 is 0 Å². The Morgan fingerprint density at radius 1 is 1.14 bits per heavy atom. The fraction of sp³-hybridized carbons (Fsp3) is 0. The van der Waals surface area contributed by atoms with Crippen molar-refractivity contribution in [3.63, 3.8) is 0 Å². The van der Waals surface area contributed by atoms with Crippen molar-refractivity contribution in [3.05, 3.63) is 65.0 Å². The van der Waals surface area contributed by atoms with Crippen molar-refractivity contribution in [1.29, 1.82) is 0 Å². The predicted molar refractivity (Wildman–Crippen MR) is 56.4 cm³/mol. The lowest BCUT2D eigenvalue weighted by atomic mass is 9.73. The number of nitrogens with one attached hydrogen (secondary N) is 1. The van der Waals surface area contributed by atoms with Gasteiger partial charge in [-0.2, -0.15) is 0 Å². The number of rotatable bonds is 0. The van der Waals surface area contributed by atoms with Crippen LogP contribution in [0.3, 0.4) is 0 Å². The van der Waals surface area contributed by atoms with Gasteiger partial charge in [-0.25, -0.2) is 0 Å². The van der Waals surface area contributed by atoms with Gasteiger partial charge in [0.05, 0.1) is 0 Å². The molecule has 2 radical (unpaired) electrons. The molecule has 3 rings (SSSR count). The van der Waals surface area contributed by atoms with E-state index in [2.05, 4.69) is 55.2 Å². The van der Waals surface area contributed by atoms with E-state index in [4.69, 9.17) is 0 Å². The molecule has 0 unspecified atom stereocenters. The summed E-state index contributed by atoms with van der Waals surface area (Å²) in [5.41, 5.74) is 2.56. The number of allylic oxidation sites excluding steroid dienone is 4. The SMILES string of the molecule is [B]1[NH+]=c2ccccc2=C2C=C[CH]C=C12. The molecule has 0 amide bonds. The molecule has 0 atom stereocenters. The normalized spacial score (nSPS) is 17.4. The molecule has 0 aromatic heterocycles. The molecule has 0 bridgehead atoms. The number of para-hydroxylation sites is 1. The summed E-state index contributed by atoms with van der Waals surface area (Å²) in [5, 5.41) is 2.47. The highest BCUT2D eigenvalue weighted by Gasteiger charge is 2.19. The molecular weight excluding hydrogens is 169 g/mol. The van der Waals surface area contributed by atoms with Crippen molar-refractivity contribution in [2.24, 2.45) is 0 Å². The van der Waals surface area contributed by atoms with Crippen LogP contribution in [0.4, 0.5) is 0 Å². The third-order valence-electron chi connectivity index (χ3n) is 2.56. The van der Waals surface area contributed by atoms with E-state index < -0.39 is 0 Å². The second-order valence-corrected chi connectivity index (χ2v) is 3.42. The quantitative estimate of drug-likeness (QED) is 0.481. The van der Waals surface area contributed by atoms with Crippen molar-refractivity contribution in [2.45, 2.75) is 0 Å². The molecule has 64 valence electrons. The second-order valence-electron chi connectivity index (χ2n) is 3.42. The maximum atomic E-state index is 3.29. The average molecular weight is 178 g/mol. The Labute approximate surface area is 83.4 Å². The van der Waals surface area contributed by atoms with Gasteiger partial charge in [0.2, 0.25) is 0 Å². The summed E-state index contributed by atoms with van der Waals surface area (Å²) in [4.78, 5) is 3.29. The minimum Gasteiger partial charge on any atom is -0.323 e.